The summed E-state index contributed by atoms with van der Waals surface area (Å²) in [6.07, 6.45) is 6.31. The van der Waals surface area contributed by atoms with Crippen LogP contribution in [0.3, 0.4) is 0 Å². The van der Waals surface area contributed by atoms with Gasteiger partial charge in [-0.1, -0.05) is 24.3 Å². The number of nitrogens with zero attached hydrogens (tertiary/aromatic N) is 4. The molecule has 0 unspecified atom stereocenters. The zero-order chi connectivity index (χ0) is 22.9. The molecule has 5 rings (SSSR count). The fourth-order valence-corrected chi connectivity index (χ4v) is 4.19. The maximum absolute atomic E-state index is 12.8. The summed E-state index contributed by atoms with van der Waals surface area (Å²) in [5.74, 6) is 1.01. The van der Waals surface area contributed by atoms with Crippen molar-refractivity contribution < 1.29 is 9.53 Å². The highest BCUT2D eigenvalue weighted by Crippen LogP contribution is 2.47. The fourth-order valence-electron chi connectivity index (χ4n) is 4.19. The van der Waals surface area contributed by atoms with Gasteiger partial charge in [0, 0.05) is 36.4 Å². The van der Waals surface area contributed by atoms with E-state index in [2.05, 4.69) is 20.4 Å². The van der Waals surface area contributed by atoms with E-state index in [4.69, 9.17) is 10.5 Å². The molecule has 1 amide bonds. The Labute approximate surface area is 191 Å². The number of amides is 1. The van der Waals surface area contributed by atoms with Gasteiger partial charge in [0.2, 0.25) is 5.91 Å². The van der Waals surface area contributed by atoms with Gasteiger partial charge in [-0.15, -0.1) is 0 Å². The molecule has 1 aliphatic rings. The Balaban J connectivity index is 1.32. The Morgan fingerprint density at radius 3 is 2.94 bits per heavy atom. The van der Waals surface area contributed by atoms with Crippen molar-refractivity contribution in [2.45, 2.75) is 25.8 Å². The zero-order valence-corrected chi connectivity index (χ0v) is 18.7. The first-order valence-electron chi connectivity index (χ1n) is 11.0. The van der Waals surface area contributed by atoms with Gasteiger partial charge < -0.3 is 15.8 Å². The van der Waals surface area contributed by atoms with Crippen molar-refractivity contribution in [1.82, 2.24) is 19.7 Å². The monoisotopic (exact) mass is 442 g/mol. The van der Waals surface area contributed by atoms with Crippen molar-refractivity contribution in [3.05, 3.63) is 66.1 Å². The van der Waals surface area contributed by atoms with E-state index in [1.807, 2.05) is 60.4 Å². The van der Waals surface area contributed by atoms with Gasteiger partial charge in [0.1, 0.15) is 11.6 Å². The molecule has 0 saturated heterocycles. The van der Waals surface area contributed by atoms with E-state index in [1.54, 1.807) is 13.3 Å². The van der Waals surface area contributed by atoms with Gasteiger partial charge in [0.15, 0.2) is 0 Å². The minimum Gasteiger partial charge on any atom is -0.383 e. The molecule has 1 saturated carbocycles. The van der Waals surface area contributed by atoms with Gasteiger partial charge >= 0.3 is 0 Å². The number of anilines is 2. The van der Waals surface area contributed by atoms with Crippen LogP contribution in [0.4, 0.5) is 11.6 Å². The van der Waals surface area contributed by atoms with Crippen molar-refractivity contribution in [1.29, 1.82) is 0 Å². The lowest BCUT2D eigenvalue weighted by molar-refractivity contribution is -0.117. The van der Waals surface area contributed by atoms with E-state index in [0.717, 1.165) is 39.6 Å². The maximum atomic E-state index is 12.8. The molecule has 1 fully saturated rings. The van der Waals surface area contributed by atoms with Gasteiger partial charge in [0.05, 0.1) is 25.0 Å². The molecule has 1 aromatic carbocycles. The van der Waals surface area contributed by atoms with Gasteiger partial charge in [0.25, 0.3) is 0 Å². The highest BCUT2D eigenvalue weighted by Gasteiger charge is 2.44. The van der Waals surface area contributed by atoms with Crippen molar-refractivity contribution in [3.63, 3.8) is 0 Å². The number of hydrogen-bond donors (Lipinski definition) is 2. The van der Waals surface area contributed by atoms with Crippen LogP contribution in [0, 0.1) is 12.8 Å². The normalized spacial score (nSPS) is 17.3. The topological polar surface area (TPSA) is 108 Å². The third-order valence-corrected chi connectivity index (χ3v) is 6.15. The first-order chi connectivity index (χ1) is 16.0. The van der Waals surface area contributed by atoms with Gasteiger partial charge in [-0.25, -0.2) is 9.97 Å². The van der Waals surface area contributed by atoms with E-state index < -0.39 is 0 Å². The number of ether oxygens (including phenoxy) is 1. The van der Waals surface area contributed by atoms with Gasteiger partial charge in [-0.2, -0.15) is 5.10 Å². The summed E-state index contributed by atoms with van der Waals surface area (Å²) in [4.78, 5) is 21.8. The Kier molecular flexibility index (Phi) is 5.51. The summed E-state index contributed by atoms with van der Waals surface area (Å²) in [7, 11) is 1.67. The fraction of sp³-hybridized carbons (Fsp3) is 0.280. The quantitative estimate of drug-likeness (QED) is 0.451. The average Bonchev–Trinajstić information content (AvgIpc) is 3.48. The second-order valence-electron chi connectivity index (χ2n) is 8.47. The summed E-state index contributed by atoms with van der Waals surface area (Å²) < 4.78 is 6.94. The number of aromatic nitrogens is 4. The van der Waals surface area contributed by atoms with Gasteiger partial charge in [-0.3, -0.25) is 9.48 Å². The van der Waals surface area contributed by atoms with Crippen LogP contribution in [0.1, 0.15) is 23.5 Å². The van der Waals surface area contributed by atoms with E-state index in [0.29, 0.717) is 24.8 Å². The Bertz CT molecular complexity index is 1330. The number of fused-ring (bicyclic) bond motifs is 1. The molecule has 3 N–H and O–H groups in total. The molecular weight excluding hydrogens is 416 g/mol. The van der Waals surface area contributed by atoms with Crippen LogP contribution in [0.15, 0.2) is 55.0 Å². The molecule has 4 aromatic rings. The number of nitrogens with one attached hydrogen (secondary N) is 1. The molecule has 33 heavy (non-hydrogen) atoms. The minimum absolute atomic E-state index is 0.0300. The highest BCUT2D eigenvalue weighted by atomic mass is 16.5. The minimum atomic E-state index is -0.0763. The number of carbonyl (C=O) groups is 1. The van der Waals surface area contributed by atoms with Crippen LogP contribution in [0.5, 0.6) is 0 Å². The largest absolute Gasteiger partial charge is 0.383 e. The number of aryl methyl sites for hydroxylation is 1. The summed E-state index contributed by atoms with van der Waals surface area (Å²) in [6.45, 7) is 3.35. The number of benzene rings is 1. The number of hydrogen-bond acceptors (Lipinski definition) is 6. The first kappa shape index (κ1) is 21.1. The lowest BCUT2D eigenvalue weighted by Crippen LogP contribution is -2.15. The number of nitrogen functional groups attached to an aromatic ring is 1. The smallest absolute Gasteiger partial charge is 0.229 e. The molecule has 3 heterocycles. The molecular formula is C25H26N6O2. The molecule has 3 aromatic heterocycles. The number of carbonyl (C=O) groups excluding carboxylic acids is 1. The Morgan fingerprint density at radius 1 is 1.27 bits per heavy atom. The number of rotatable bonds is 7. The van der Waals surface area contributed by atoms with Crippen LogP contribution in [-0.4, -0.2) is 39.4 Å². The van der Waals surface area contributed by atoms with E-state index in [1.165, 1.54) is 0 Å². The third kappa shape index (κ3) is 4.29. The summed E-state index contributed by atoms with van der Waals surface area (Å²) in [5.41, 5.74) is 10.2. The molecule has 0 radical (unpaired) electrons. The highest BCUT2D eigenvalue weighted by molar-refractivity contribution is 5.98. The first-order valence-corrected chi connectivity index (χ1v) is 11.0. The van der Waals surface area contributed by atoms with Crippen molar-refractivity contribution >= 4 is 28.3 Å². The predicted molar refractivity (Wildman–Crippen MR) is 128 cm³/mol. The van der Waals surface area contributed by atoms with E-state index >= 15 is 0 Å². The van der Waals surface area contributed by atoms with Crippen LogP contribution < -0.4 is 11.1 Å². The zero-order valence-electron chi connectivity index (χ0n) is 18.7. The van der Waals surface area contributed by atoms with Crippen LogP contribution >= 0.6 is 0 Å². The average molecular weight is 443 g/mol. The molecule has 1 aliphatic carbocycles. The molecule has 168 valence electrons. The maximum Gasteiger partial charge on any atom is 0.229 e. The van der Waals surface area contributed by atoms with Crippen LogP contribution in [0.25, 0.3) is 22.0 Å². The summed E-state index contributed by atoms with van der Waals surface area (Å²) >= 11 is 0. The lowest BCUT2D eigenvalue weighted by atomic mass is 10.0. The van der Waals surface area contributed by atoms with Gasteiger partial charge in [-0.05, 0) is 47.9 Å². The Hall–Kier alpha value is -3.78. The SMILES string of the molecule is COCCn1cc([C@H]2C[C@@H]2C(=O)Nc2cc3cc(-c4ccccc4C)nc(N)c3cn2)cn1. The molecule has 8 nitrogen and oxygen atoms in total. The van der Waals surface area contributed by atoms with E-state index in [9.17, 15) is 4.79 Å². The molecule has 0 aliphatic heterocycles. The second kappa shape index (κ2) is 8.63. The van der Waals surface area contributed by atoms with Crippen molar-refractivity contribution in [2.75, 3.05) is 24.8 Å². The number of methoxy groups -OCH3 is 1. The molecule has 8 heteroatoms. The Morgan fingerprint density at radius 2 is 2.12 bits per heavy atom. The number of nitrogens with two attached hydrogens (primary N) is 1. The van der Waals surface area contributed by atoms with E-state index in [-0.39, 0.29) is 17.7 Å². The summed E-state index contributed by atoms with van der Waals surface area (Å²) in [6, 6.07) is 11.9. The van der Waals surface area contributed by atoms with Crippen molar-refractivity contribution in [2.24, 2.45) is 5.92 Å². The summed E-state index contributed by atoms with van der Waals surface area (Å²) in [5, 5.41) is 8.97. The molecule has 2 atom stereocenters. The van der Waals surface area contributed by atoms with Crippen LogP contribution in [0.2, 0.25) is 0 Å². The molecule has 0 spiro atoms. The second-order valence-corrected chi connectivity index (χ2v) is 8.47. The third-order valence-electron chi connectivity index (χ3n) is 6.15. The standard InChI is InChI=1S/C25H26N6O2/c1-15-5-3-4-6-18(15)22-9-16-10-23(27-13-21(16)24(26)29-22)30-25(32)20-11-19(20)17-12-28-31(14-17)7-8-33-2/h3-6,9-10,12-14,19-20H,7-8,11H2,1-2H3,(H2,26,29)(H,27,30,32)/t19-,20+/m1/s1. The van der Waals surface area contributed by atoms with Crippen molar-refractivity contribution in [3.8, 4) is 11.3 Å². The number of pyridine rings is 2. The molecule has 0 bridgehead atoms. The van der Waals surface area contributed by atoms with Crippen LogP contribution in [-0.2, 0) is 16.1 Å². The lowest BCUT2D eigenvalue weighted by Gasteiger charge is -2.10. The predicted octanol–water partition coefficient (Wildman–Crippen LogP) is 3.77.